The predicted octanol–water partition coefficient (Wildman–Crippen LogP) is 5.03. The fraction of sp³-hybridized carbons (Fsp3) is 0.526. The van der Waals surface area contributed by atoms with E-state index in [0.717, 1.165) is 42.4 Å². The molecule has 1 aromatic heterocycles. The van der Waals surface area contributed by atoms with Crippen LogP contribution in [0.1, 0.15) is 50.4 Å². The maximum atomic E-state index is 13.6. The second-order valence-corrected chi connectivity index (χ2v) is 8.80. The zero-order valence-corrected chi connectivity index (χ0v) is 14.9. The van der Waals surface area contributed by atoms with Gasteiger partial charge in [-0.25, -0.2) is 4.39 Å². The molecule has 0 amide bonds. The van der Waals surface area contributed by atoms with Gasteiger partial charge in [0.25, 0.3) is 0 Å². The van der Waals surface area contributed by atoms with Crippen molar-refractivity contribution >= 4 is 27.2 Å². The minimum atomic E-state index is -0.340. The summed E-state index contributed by atoms with van der Waals surface area (Å²) in [4.78, 5) is 13.3. The molecule has 2 aromatic rings. The van der Waals surface area contributed by atoms with E-state index in [-0.39, 0.29) is 22.4 Å². The molecule has 1 saturated heterocycles. The van der Waals surface area contributed by atoms with Gasteiger partial charge in [-0.05, 0) is 49.4 Å². The van der Waals surface area contributed by atoms with Crippen LogP contribution in [0.4, 0.5) is 4.39 Å². The summed E-state index contributed by atoms with van der Waals surface area (Å²) in [5.41, 5.74) is 0.564. The molecule has 1 aliphatic heterocycles. The van der Waals surface area contributed by atoms with Crippen molar-refractivity contribution in [3.63, 3.8) is 0 Å². The Morgan fingerprint density at radius 1 is 1.39 bits per heavy atom. The number of carbonyl (C=O) groups excluding carboxylic acids is 1. The third kappa shape index (κ3) is 3.33. The van der Waals surface area contributed by atoms with Crippen molar-refractivity contribution in [3.05, 3.63) is 35.0 Å². The monoisotopic (exact) mass is 333 g/mol. The Bertz CT molecular complexity index is 723. The van der Waals surface area contributed by atoms with Crippen LogP contribution >= 0.6 is 11.3 Å². The normalized spacial score (nSPS) is 21.9. The summed E-state index contributed by atoms with van der Waals surface area (Å²) in [6.45, 7) is 8.25. The number of ketones is 1. The van der Waals surface area contributed by atoms with E-state index < -0.39 is 0 Å². The molecule has 1 aromatic carbocycles. The Morgan fingerprint density at radius 2 is 2.17 bits per heavy atom. The third-order valence-corrected chi connectivity index (χ3v) is 5.82. The van der Waals surface area contributed by atoms with Crippen molar-refractivity contribution < 1.29 is 9.18 Å². The van der Waals surface area contributed by atoms with E-state index in [9.17, 15) is 9.18 Å². The molecule has 1 N–H and O–H groups in total. The van der Waals surface area contributed by atoms with E-state index in [1.807, 2.05) is 5.38 Å². The first kappa shape index (κ1) is 16.6. The maximum Gasteiger partial charge on any atom is 0.171 e. The minimum Gasteiger partial charge on any atom is -0.316 e. The van der Waals surface area contributed by atoms with Crippen molar-refractivity contribution in [2.45, 2.75) is 40.0 Å². The van der Waals surface area contributed by atoms with Crippen LogP contribution in [0.5, 0.6) is 0 Å². The van der Waals surface area contributed by atoms with Crippen molar-refractivity contribution in [2.75, 3.05) is 13.1 Å². The lowest BCUT2D eigenvalue weighted by molar-refractivity contribution is 0.0786. The summed E-state index contributed by atoms with van der Waals surface area (Å²) in [6, 6.07) is 4.72. The SMILES string of the molecule is CC(C)(C)CCC1(C(=O)c2csc3ccc(F)cc23)CCNC1. The highest BCUT2D eigenvalue weighted by atomic mass is 32.1. The van der Waals surface area contributed by atoms with E-state index in [1.54, 1.807) is 6.07 Å². The van der Waals surface area contributed by atoms with Crippen LogP contribution in [0, 0.1) is 16.6 Å². The number of Topliss-reactive ketones (excluding diaryl/α,β-unsaturated/α-hetero) is 1. The van der Waals surface area contributed by atoms with E-state index >= 15 is 0 Å². The number of carbonyl (C=O) groups is 1. The Labute approximate surface area is 141 Å². The lowest BCUT2D eigenvalue weighted by Gasteiger charge is -2.30. The van der Waals surface area contributed by atoms with Gasteiger partial charge in [0.05, 0.1) is 0 Å². The first-order valence-corrected chi connectivity index (χ1v) is 9.11. The van der Waals surface area contributed by atoms with Gasteiger partial charge in [0.15, 0.2) is 5.78 Å². The van der Waals surface area contributed by atoms with Crippen molar-refractivity contribution in [2.24, 2.45) is 10.8 Å². The first-order valence-electron chi connectivity index (χ1n) is 8.23. The second-order valence-electron chi connectivity index (χ2n) is 7.89. The summed E-state index contributed by atoms with van der Waals surface area (Å²) in [5, 5.41) is 6.03. The third-order valence-electron chi connectivity index (χ3n) is 4.86. The molecule has 0 radical (unpaired) electrons. The van der Waals surface area contributed by atoms with Crippen LogP contribution in [0.25, 0.3) is 10.1 Å². The molecular weight excluding hydrogens is 309 g/mol. The molecule has 2 heterocycles. The zero-order chi connectivity index (χ0) is 16.7. The Balaban J connectivity index is 1.96. The van der Waals surface area contributed by atoms with E-state index in [2.05, 4.69) is 26.1 Å². The summed E-state index contributed by atoms with van der Waals surface area (Å²) >= 11 is 1.52. The van der Waals surface area contributed by atoms with Crippen molar-refractivity contribution in [1.82, 2.24) is 5.32 Å². The summed E-state index contributed by atoms with van der Waals surface area (Å²) in [7, 11) is 0. The average molecular weight is 333 g/mol. The molecule has 1 fully saturated rings. The molecule has 0 saturated carbocycles. The van der Waals surface area contributed by atoms with Crippen LogP contribution < -0.4 is 5.32 Å². The van der Waals surface area contributed by atoms with Gasteiger partial charge in [-0.15, -0.1) is 11.3 Å². The van der Waals surface area contributed by atoms with Gasteiger partial charge in [-0.1, -0.05) is 20.8 Å². The quantitative estimate of drug-likeness (QED) is 0.795. The molecule has 0 bridgehead atoms. The minimum absolute atomic E-state index is 0.184. The highest BCUT2D eigenvalue weighted by Gasteiger charge is 2.42. The number of hydrogen-bond donors (Lipinski definition) is 1. The van der Waals surface area contributed by atoms with Crippen LogP contribution in [0.2, 0.25) is 0 Å². The number of benzene rings is 1. The van der Waals surface area contributed by atoms with Crippen molar-refractivity contribution in [3.8, 4) is 0 Å². The van der Waals surface area contributed by atoms with Gasteiger partial charge >= 0.3 is 0 Å². The van der Waals surface area contributed by atoms with Crippen LogP contribution in [0.15, 0.2) is 23.6 Å². The van der Waals surface area contributed by atoms with Crippen LogP contribution in [0.3, 0.4) is 0 Å². The molecule has 3 rings (SSSR count). The molecule has 1 aliphatic rings. The molecule has 0 spiro atoms. The Morgan fingerprint density at radius 3 is 2.83 bits per heavy atom. The lowest BCUT2D eigenvalue weighted by Crippen LogP contribution is -2.34. The Hall–Kier alpha value is -1.26. The summed E-state index contributed by atoms with van der Waals surface area (Å²) < 4.78 is 14.6. The summed E-state index contributed by atoms with van der Waals surface area (Å²) in [5.74, 6) is -0.0955. The van der Waals surface area contributed by atoms with Gasteiger partial charge in [0.1, 0.15) is 5.82 Å². The first-order chi connectivity index (χ1) is 10.8. The van der Waals surface area contributed by atoms with Gasteiger partial charge in [0.2, 0.25) is 0 Å². The molecular formula is C19H24FNOS. The summed E-state index contributed by atoms with van der Waals surface area (Å²) in [6.07, 6.45) is 2.76. The topological polar surface area (TPSA) is 29.1 Å². The number of fused-ring (bicyclic) bond motifs is 1. The van der Waals surface area contributed by atoms with Gasteiger partial charge < -0.3 is 5.32 Å². The molecule has 124 valence electrons. The average Bonchev–Trinajstić information content (AvgIpc) is 3.11. The number of nitrogens with one attached hydrogen (secondary N) is 1. The molecule has 23 heavy (non-hydrogen) atoms. The maximum absolute atomic E-state index is 13.6. The number of halogens is 1. The van der Waals surface area contributed by atoms with E-state index in [4.69, 9.17) is 0 Å². The highest BCUT2D eigenvalue weighted by Crippen LogP contribution is 2.41. The van der Waals surface area contributed by atoms with Gasteiger partial charge in [-0.2, -0.15) is 0 Å². The van der Waals surface area contributed by atoms with Crippen molar-refractivity contribution in [1.29, 1.82) is 0 Å². The standard InChI is InChI=1S/C19H24FNOS/c1-18(2,3)6-7-19(8-9-21-12-19)17(22)15-11-23-16-5-4-13(20)10-14(15)16/h4-5,10-11,21H,6-9,12H2,1-3H3. The molecule has 4 heteroatoms. The predicted molar refractivity (Wildman–Crippen MR) is 94.7 cm³/mol. The van der Waals surface area contributed by atoms with Crippen LogP contribution in [-0.4, -0.2) is 18.9 Å². The van der Waals surface area contributed by atoms with Crippen LogP contribution in [-0.2, 0) is 0 Å². The van der Waals surface area contributed by atoms with Gasteiger partial charge in [-0.3, -0.25) is 4.79 Å². The smallest absolute Gasteiger partial charge is 0.171 e. The lowest BCUT2D eigenvalue weighted by atomic mass is 9.72. The van der Waals surface area contributed by atoms with Gasteiger partial charge in [0, 0.05) is 33.0 Å². The fourth-order valence-electron chi connectivity index (χ4n) is 3.34. The molecule has 2 nitrogen and oxygen atoms in total. The zero-order valence-electron chi connectivity index (χ0n) is 14.0. The molecule has 1 unspecified atom stereocenters. The largest absolute Gasteiger partial charge is 0.316 e. The number of rotatable bonds is 4. The number of thiophene rings is 1. The molecule has 1 atom stereocenters. The van der Waals surface area contributed by atoms with E-state index in [0.29, 0.717) is 5.56 Å². The fourth-order valence-corrected chi connectivity index (χ4v) is 4.26. The van der Waals surface area contributed by atoms with E-state index in [1.165, 1.54) is 23.5 Å². The molecule has 0 aliphatic carbocycles. The number of hydrogen-bond acceptors (Lipinski definition) is 3. The Kier molecular flexibility index (Phi) is 4.32. The second kappa shape index (κ2) is 5.99. The highest BCUT2D eigenvalue weighted by molar-refractivity contribution is 7.17.